The number of nitrogens with zero attached hydrogens (tertiary/aromatic N) is 3. The van der Waals surface area contributed by atoms with Crippen molar-refractivity contribution in [3.8, 4) is 6.07 Å². The summed E-state index contributed by atoms with van der Waals surface area (Å²) in [5.41, 5.74) is 3.22. The summed E-state index contributed by atoms with van der Waals surface area (Å²) in [5.74, 6) is 0. The van der Waals surface area contributed by atoms with Crippen LogP contribution < -0.4 is 0 Å². The van der Waals surface area contributed by atoms with Crippen LogP contribution in [-0.4, -0.2) is 23.1 Å². The summed E-state index contributed by atoms with van der Waals surface area (Å²) in [4.78, 5) is 2.35. The molecule has 3 rings (SSSR count). The number of rotatable bonds is 6. The Morgan fingerprint density at radius 3 is 2.70 bits per heavy atom. The third-order valence-corrected chi connectivity index (χ3v) is 4.14. The smallest absolute Gasteiger partial charge is 0.0992 e. The van der Waals surface area contributed by atoms with E-state index in [9.17, 15) is 0 Å². The van der Waals surface area contributed by atoms with Crippen molar-refractivity contribution in [2.24, 2.45) is 0 Å². The quantitative estimate of drug-likeness (QED) is 0.688. The molecule has 0 N–H and O–H groups in total. The fourth-order valence-electron chi connectivity index (χ4n) is 2.93. The zero-order valence-corrected chi connectivity index (χ0v) is 13.4. The molecular weight excluding hydrogens is 282 g/mol. The third kappa shape index (κ3) is 3.80. The summed E-state index contributed by atoms with van der Waals surface area (Å²) < 4.78 is 2.24. The lowest BCUT2D eigenvalue weighted by Crippen LogP contribution is -2.20. The number of nitriles is 1. The Balaban J connectivity index is 1.57. The third-order valence-electron chi connectivity index (χ3n) is 4.14. The molecule has 3 aromatic rings. The summed E-state index contributed by atoms with van der Waals surface area (Å²) in [7, 11) is 2.16. The summed E-state index contributed by atoms with van der Waals surface area (Å²) in [6, 6.07) is 20.8. The SMILES string of the molecule is CN(CCCn1ccc2ccc(C#N)cc21)Cc1ccccc1. The molecule has 0 unspecified atom stereocenters. The van der Waals surface area contributed by atoms with Crippen molar-refractivity contribution in [2.45, 2.75) is 19.5 Å². The van der Waals surface area contributed by atoms with Crippen molar-refractivity contribution in [3.63, 3.8) is 0 Å². The van der Waals surface area contributed by atoms with Crippen molar-refractivity contribution in [3.05, 3.63) is 71.9 Å². The molecule has 0 aliphatic rings. The van der Waals surface area contributed by atoms with Gasteiger partial charge in [0.15, 0.2) is 0 Å². The average molecular weight is 303 g/mol. The molecule has 0 bridgehead atoms. The minimum absolute atomic E-state index is 0.721. The predicted octanol–water partition coefficient (Wildman–Crippen LogP) is 4.04. The molecular formula is C20H21N3. The van der Waals surface area contributed by atoms with Gasteiger partial charge >= 0.3 is 0 Å². The molecule has 0 saturated heterocycles. The van der Waals surface area contributed by atoms with E-state index in [1.165, 1.54) is 10.9 Å². The van der Waals surface area contributed by atoms with Crippen LogP contribution in [0.25, 0.3) is 10.9 Å². The van der Waals surface area contributed by atoms with Gasteiger partial charge in [-0.1, -0.05) is 36.4 Å². The molecule has 0 saturated carbocycles. The molecule has 0 aliphatic carbocycles. The van der Waals surface area contributed by atoms with E-state index in [0.717, 1.165) is 37.1 Å². The Morgan fingerprint density at radius 2 is 1.91 bits per heavy atom. The maximum atomic E-state index is 9.05. The Hall–Kier alpha value is -2.57. The highest BCUT2D eigenvalue weighted by atomic mass is 15.1. The van der Waals surface area contributed by atoms with E-state index in [1.54, 1.807) is 0 Å². The van der Waals surface area contributed by atoms with E-state index in [1.807, 2.05) is 18.2 Å². The minimum Gasteiger partial charge on any atom is -0.347 e. The molecule has 0 fully saturated rings. The molecule has 0 atom stereocenters. The Morgan fingerprint density at radius 1 is 1.09 bits per heavy atom. The van der Waals surface area contributed by atoms with Crippen molar-refractivity contribution in [2.75, 3.05) is 13.6 Å². The highest BCUT2D eigenvalue weighted by Gasteiger charge is 2.04. The van der Waals surface area contributed by atoms with Gasteiger partial charge < -0.3 is 9.47 Å². The molecule has 3 nitrogen and oxygen atoms in total. The zero-order chi connectivity index (χ0) is 16.1. The van der Waals surface area contributed by atoms with Crippen LogP contribution >= 0.6 is 0 Å². The monoisotopic (exact) mass is 303 g/mol. The molecule has 2 aromatic carbocycles. The van der Waals surface area contributed by atoms with Gasteiger partial charge in [0.25, 0.3) is 0 Å². The van der Waals surface area contributed by atoms with Gasteiger partial charge in [-0.2, -0.15) is 5.26 Å². The Kier molecular flexibility index (Phi) is 4.75. The highest BCUT2D eigenvalue weighted by Crippen LogP contribution is 2.18. The van der Waals surface area contributed by atoms with E-state index in [4.69, 9.17) is 5.26 Å². The van der Waals surface area contributed by atoms with E-state index in [-0.39, 0.29) is 0 Å². The summed E-state index contributed by atoms with van der Waals surface area (Å²) in [5, 5.41) is 10.2. The zero-order valence-electron chi connectivity index (χ0n) is 13.4. The largest absolute Gasteiger partial charge is 0.347 e. The lowest BCUT2D eigenvalue weighted by Gasteiger charge is -2.17. The van der Waals surface area contributed by atoms with Gasteiger partial charge in [-0.15, -0.1) is 0 Å². The Bertz CT molecular complexity index is 812. The van der Waals surface area contributed by atoms with E-state index < -0.39 is 0 Å². The summed E-state index contributed by atoms with van der Waals surface area (Å²) in [6.45, 7) is 3.00. The fraction of sp³-hybridized carbons (Fsp3) is 0.250. The molecule has 1 heterocycles. The van der Waals surface area contributed by atoms with E-state index >= 15 is 0 Å². The summed E-state index contributed by atoms with van der Waals surface area (Å²) >= 11 is 0. The van der Waals surface area contributed by atoms with Crippen LogP contribution in [0.5, 0.6) is 0 Å². The molecule has 0 spiro atoms. The minimum atomic E-state index is 0.721. The second kappa shape index (κ2) is 7.13. The number of aromatic nitrogens is 1. The standard InChI is InChI=1S/C20H21N3/c1-22(16-17-6-3-2-4-7-17)11-5-12-23-13-10-19-9-8-18(15-21)14-20(19)23/h2-4,6-10,13-14H,5,11-12,16H2,1H3. The fourth-order valence-corrected chi connectivity index (χ4v) is 2.93. The van der Waals surface area contributed by atoms with E-state index in [2.05, 4.69) is 65.2 Å². The molecule has 1 aromatic heterocycles. The van der Waals surface area contributed by atoms with Gasteiger partial charge in [-0.25, -0.2) is 0 Å². The lowest BCUT2D eigenvalue weighted by atomic mass is 10.2. The molecule has 0 aliphatic heterocycles. The number of hydrogen-bond acceptors (Lipinski definition) is 2. The topological polar surface area (TPSA) is 32.0 Å². The molecule has 116 valence electrons. The second-order valence-electron chi connectivity index (χ2n) is 5.97. The average Bonchev–Trinajstić information content (AvgIpc) is 2.98. The number of hydrogen-bond donors (Lipinski definition) is 0. The van der Waals surface area contributed by atoms with Crippen LogP contribution in [0.4, 0.5) is 0 Å². The number of fused-ring (bicyclic) bond motifs is 1. The number of aryl methyl sites for hydroxylation is 1. The van der Waals surface area contributed by atoms with Crippen LogP contribution in [-0.2, 0) is 13.1 Å². The van der Waals surface area contributed by atoms with Crippen LogP contribution in [0.3, 0.4) is 0 Å². The van der Waals surface area contributed by atoms with Crippen molar-refractivity contribution in [1.29, 1.82) is 5.26 Å². The van der Waals surface area contributed by atoms with Crippen LogP contribution in [0.15, 0.2) is 60.8 Å². The predicted molar refractivity (Wildman–Crippen MR) is 94.0 cm³/mol. The molecule has 23 heavy (non-hydrogen) atoms. The second-order valence-corrected chi connectivity index (χ2v) is 5.97. The molecule has 3 heteroatoms. The van der Waals surface area contributed by atoms with Gasteiger partial charge in [-0.05, 0) is 49.2 Å². The first kappa shape index (κ1) is 15.3. The van der Waals surface area contributed by atoms with Crippen molar-refractivity contribution in [1.82, 2.24) is 9.47 Å². The summed E-state index contributed by atoms with van der Waals surface area (Å²) in [6.07, 6.45) is 3.20. The Labute approximate surface area is 137 Å². The van der Waals surface area contributed by atoms with Gasteiger partial charge in [-0.3, -0.25) is 0 Å². The maximum Gasteiger partial charge on any atom is 0.0992 e. The lowest BCUT2D eigenvalue weighted by molar-refractivity contribution is 0.315. The molecule has 0 radical (unpaired) electrons. The normalized spacial score (nSPS) is 11.0. The van der Waals surface area contributed by atoms with Crippen LogP contribution in [0, 0.1) is 11.3 Å². The van der Waals surface area contributed by atoms with Crippen molar-refractivity contribution >= 4 is 10.9 Å². The van der Waals surface area contributed by atoms with Gasteiger partial charge in [0.2, 0.25) is 0 Å². The molecule has 0 amide bonds. The first-order chi connectivity index (χ1) is 11.3. The van der Waals surface area contributed by atoms with E-state index in [0.29, 0.717) is 0 Å². The maximum absolute atomic E-state index is 9.05. The van der Waals surface area contributed by atoms with Crippen LogP contribution in [0.2, 0.25) is 0 Å². The van der Waals surface area contributed by atoms with Crippen LogP contribution in [0.1, 0.15) is 17.5 Å². The first-order valence-electron chi connectivity index (χ1n) is 7.98. The van der Waals surface area contributed by atoms with Crippen molar-refractivity contribution < 1.29 is 0 Å². The van der Waals surface area contributed by atoms with Gasteiger partial charge in [0.1, 0.15) is 0 Å². The number of benzene rings is 2. The highest BCUT2D eigenvalue weighted by molar-refractivity contribution is 5.81. The van der Waals surface area contributed by atoms with Gasteiger partial charge in [0.05, 0.1) is 11.6 Å². The first-order valence-corrected chi connectivity index (χ1v) is 7.98. The van der Waals surface area contributed by atoms with Gasteiger partial charge in [0, 0.05) is 24.8 Å².